The molecule has 18 heavy (non-hydrogen) atoms. The van der Waals surface area contributed by atoms with Crippen molar-refractivity contribution < 1.29 is 4.74 Å². The molecule has 2 nitrogen and oxygen atoms in total. The summed E-state index contributed by atoms with van der Waals surface area (Å²) in [5, 5.41) is 4.76. The van der Waals surface area contributed by atoms with Gasteiger partial charge in [0.25, 0.3) is 0 Å². The summed E-state index contributed by atoms with van der Waals surface area (Å²) in [5.74, 6) is 0.763. The van der Waals surface area contributed by atoms with Crippen molar-refractivity contribution in [1.29, 1.82) is 0 Å². The zero-order chi connectivity index (χ0) is 12.8. The zero-order valence-corrected chi connectivity index (χ0v) is 11.9. The van der Waals surface area contributed by atoms with Crippen molar-refractivity contribution in [2.45, 2.75) is 25.9 Å². The minimum Gasteiger partial charge on any atom is -0.377 e. The van der Waals surface area contributed by atoms with E-state index in [1.807, 2.05) is 12.1 Å². The van der Waals surface area contributed by atoms with Gasteiger partial charge in [-0.15, -0.1) is 0 Å². The van der Waals surface area contributed by atoms with Crippen molar-refractivity contribution in [2.75, 3.05) is 19.7 Å². The van der Waals surface area contributed by atoms with Crippen LogP contribution in [0, 0.1) is 5.92 Å². The quantitative estimate of drug-likeness (QED) is 0.830. The summed E-state index contributed by atoms with van der Waals surface area (Å²) in [6.45, 7) is 3.66. The van der Waals surface area contributed by atoms with Crippen LogP contribution in [-0.2, 0) is 11.3 Å². The Morgan fingerprint density at radius 3 is 2.94 bits per heavy atom. The molecule has 4 heteroatoms. The van der Waals surface area contributed by atoms with E-state index in [9.17, 15) is 0 Å². The second-order valence-electron chi connectivity index (χ2n) is 4.79. The van der Waals surface area contributed by atoms with E-state index < -0.39 is 0 Å². The van der Waals surface area contributed by atoms with Crippen molar-refractivity contribution in [1.82, 2.24) is 5.32 Å². The lowest BCUT2D eigenvalue weighted by Gasteiger charge is -2.22. The monoisotopic (exact) mass is 287 g/mol. The van der Waals surface area contributed by atoms with Gasteiger partial charge in [0.15, 0.2) is 0 Å². The Kier molecular flexibility index (Phi) is 5.77. The second-order valence-corrected chi connectivity index (χ2v) is 5.63. The van der Waals surface area contributed by atoms with Gasteiger partial charge in [-0.05, 0) is 56.0 Å². The SMILES string of the molecule is Clc1ccc(COCCC2CCCNC2)c(Cl)c1. The molecule has 1 fully saturated rings. The van der Waals surface area contributed by atoms with E-state index in [4.69, 9.17) is 27.9 Å². The highest BCUT2D eigenvalue weighted by atomic mass is 35.5. The molecule has 1 N–H and O–H groups in total. The van der Waals surface area contributed by atoms with Crippen LogP contribution in [0.15, 0.2) is 18.2 Å². The molecule has 0 bridgehead atoms. The fourth-order valence-corrected chi connectivity index (χ4v) is 2.70. The molecule has 0 aromatic heterocycles. The Hall–Kier alpha value is -0.280. The molecule has 0 spiro atoms. The van der Waals surface area contributed by atoms with E-state index in [-0.39, 0.29) is 0 Å². The predicted molar refractivity (Wildman–Crippen MR) is 76.3 cm³/mol. The van der Waals surface area contributed by atoms with Crippen LogP contribution in [-0.4, -0.2) is 19.7 Å². The van der Waals surface area contributed by atoms with Gasteiger partial charge < -0.3 is 10.1 Å². The molecule has 100 valence electrons. The largest absolute Gasteiger partial charge is 0.377 e. The van der Waals surface area contributed by atoms with Crippen molar-refractivity contribution >= 4 is 23.2 Å². The summed E-state index contributed by atoms with van der Waals surface area (Å²) in [6.07, 6.45) is 3.73. The maximum absolute atomic E-state index is 6.08. The molecule has 1 aliphatic heterocycles. The number of piperidine rings is 1. The van der Waals surface area contributed by atoms with Gasteiger partial charge in [0.1, 0.15) is 0 Å². The lowest BCUT2D eigenvalue weighted by molar-refractivity contribution is 0.103. The van der Waals surface area contributed by atoms with E-state index in [0.29, 0.717) is 16.7 Å². The molecular weight excluding hydrogens is 269 g/mol. The number of halogens is 2. The van der Waals surface area contributed by atoms with Gasteiger partial charge >= 0.3 is 0 Å². The van der Waals surface area contributed by atoms with Crippen LogP contribution < -0.4 is 5.32 Å². The molecule has 1 unspecified atom stereocenters. The lowest BCUT2D eigenvalue weighted by atomic mass is 9.97. The molecule has 1 saturated heterocycles. The van der Waals surface area contributed by atoms with Crippen LogP contribution in [0.2, 0.25) is 10.0 Å². The van der Waals surface area contributed by atoms with Gasteiger partial charge in [-0.3, -0.25) is 0 Å². The summed E-state index contributed by atoms with van der Waals surface area (Å²) in [4.78, 5) is 0. The smallest absolute Gasteiger partial charge is 0.0731 e. The normalized spacial score (nSPS) is 20.0. The van der Waals surface area contributed by atoms with E-state index in [2.05, 4.69) is 5.32 Å². The van der Waals surface area contributed by atoms with Crippen LogP contribution in [0.3, 0.4) is 0 Å². The molecule has 1 aromatic carbocycles. The Balaban J connectivity index is 1.68. The van der Waals surface area contributed by atoms with Crippen molar-refractivity contribution in [3.05, 3.63) is 33.8 Å². The number of hydrogen-bond donors (Lipinski definition) is 1. The molecule has 2 rings (SSSR count). The fraction of sp³-hybridized carbons (Fsp3) is 0.571. The maximum Gasteiger partial charge on any atom is 0.0731 e. The Morgan fingerprint density at radius 1 is 1.33 bits per heavy atom. The van der Waals surface area contributed by atoms with Gasteiger partial charge in [-0.1, -0.05) is 29.3 Å². The Morgan fingerprint density at radius 2 is 2.22 bits per heavy atom. The molecule has 0 radical (unpaired) electrons. The first kappa shape index (κ1) is 14.1. The zero-order valence-electron chi connectivity index (χ0n) is 10.4. The molecule has 1 aromatic rings. The van der Waals surface area contributed by atoms with Gasteiger partial charge in [0, 0.05) is 16.7 Å². The highest BCUT2D eigenvalue weighted by Crippen LogP contribution is 2.22. The predicted octanol–water partition coefficient (Wildman–Crippen LogP) is 3.90. The molecule has 1 atom stereocenters. The molecule has 1 aliphatic rings. The van der Waals surface area contributed by atoms with Crippen molar-refractivity contribution in [3.8, 4) is 0 Å². The minimum absolute atomic E-state index is 0.566. The van der Waals surface area contributed by atoms with Crippen molar-refractivity contribution in [3.63, 3.8) is 0 Å². The van der Waals surface area contributed by atoms with Gasteiger partial charge in [0.05, 0.1) is 6.61 Å². The van der Waals surface area contributed by atoms with Crippen LogP contribution in [0.25, 0.3) is 0 Å². The highest BCUT2D eigenvalue weighted by molar-refractivity contribution is 6.35. The summed E-state index contributed by atoms with van der Waals surface area (Å²) >= 11 is 11.9. The fourth-order valence-electron chi connectivity index (χ4n) is 2.24. The third-order valence-corrected chi connectivity index (χ3v) is 3.93. The van der Waals surface area contributed by atoms with Crippen LogP contribution in [0.1, 0.15) is 24.8 Å². The summed E-state index contributed by atoms with van der Waals surface area (Å²) < 4.78 is 5.69. The van der Waals surface area contributed by atoms with Gasteiger partial charge in [-0.25, -0.2) is 0 Å². The average molecular weight is 288 g/mol. The molecular formula is C14H19Cl2NO. The third kappa shape index (κ3) is 4.43. The molecule has 0 saturated carbocycles. The highest BCUT2D eigenvalue weighted by Gasteiger charge is 2.12. The number of hydrogen-bond acceptors (Lipinski definition) is 2. The van der Waals surface area contributed by atoms with Gasteiger partial charge in [0.2, 0.25) is 0 Å². The lowest BCUT2D eigenvalue weighted by Crippen LogP contribution is -2.30. The molecule has 0 amide bonds. The van der Waals surface area contributed by atoms with E-state index in [1.54, 1.807) is 6.07 Å². The minimum atomic E-state index is 0.566. The molecule has 0 aliphatic carbocycles. The van der Waals surface area contributed by atoms with Crippen LogP contribution >= 0.6 is 23.2 Å². The Bertz CT molecular complexity index is 378. The molecule has 1 heterocycles. The first-order chi connectivity index (χ1) is 8.75. The van der Waals surface area contributed by atoms with Gasteiger partial charge in [-0.2, -0.15) is 0 Å². The van der Waals surface area contributed by atoms with Crippen molar-refractivity contribution in [2.24, 2.45) is 5.92 Å². The summed E-state index contributed by atoms with van der Waals surface area (Å²) in [6, 6.07) is 5.52. The maximum atomic E-state index is 6.08. The number of benzene rings is 1. The van der Waals surface area contributed by atoms with Crippen LogP contribution in [0.4, 0.5) is 0 Å². The third-order valence-electron chi connectivity index (χ3n) is 3.34. The summed E-state index contributed by atoms with van der Waals surface area (Å²) in [5.41, 5.74) is 1.00. The topological polar surface area (TPSA) is 21.3 Å². The number of ether oxygens (including phenoxy) is 1. The first-order valence-corrected chi connectivity index (χ1v) is 7.23. The summed E-state index contributed by atoms with van der Waals surface area (Å²) in [7, 11) is 0. The second kappa shape index (κ2) is 7.34. The number of nitrogens with one attached hydrogen (secondary N) is 1. The first-order valence-electron chi connectivity index (χ1n) is 6.48. The van der Waals surface area contributed by atoms with E-state index in [1.165, 1.54) is 12.8 Å². The van der Waals surface area contributed by atoms with E-state index >= 15 is 0 Å². The van der Waals surface area contributed by atoms with Crippen LogP contribution in [0.5, 0.6) is 0 Å². The number of rotatable bonds is 5. The average Bonchev–Trinajstić information content (AvgIpc) is 2.38. The standard InChI is InChI=1S/C14H19Cl2NO/c15-13-4-3-12(14(16)8-13)10-18-7-5-11-2-1-6-17-9-11/h3-4,8,11,17H,1-2,5-7,9-10H2. The van der Waals surface area contributed by atoms with E-state index in [0.717, 1.165) is 37.6 Å². The Labute approximate surface area is 119 Å².